The average Bonchev–Trinajstić information content (AvgIpc) is 2.64. The van der Waals surface area contributed by atoms with Crippen LogP contribution in [0.25, 0.3) is 0 Å². The molecule has 0 unspecified atom stereocenters. The van der Waals surface area contributed by atoms with Crippen molar-refractivity contribution in [3.63, 3.8) is 0 Å². The minimum Gasteiger partial charge on any atom is -0.444 e. The number of nitrogens with zero attached hydrogens (tertiary/aromatic N) is 1. The first kappa shape index (κ1) is 21.3. The fraction of sp³-hybridized carbons (Fsp3) is 0.833. The normalized spacial score (nSPS) is 19.0. The number of amides is 3. The standard InChI is InChI=1S/C18H32N2O5/c1-16(2,3)24-14(22)19-18(7,8)11-12-9-10-20(13(12)21)15(23)25-17(4,5)6/h12H,9-11H2,1-8H3,(H,19,22)/t12-/m0/s1. The molecule has 1 saturated heterocycles. The van der Waals surface area contributed by atoms with Gasteiger partial charge in [-0.15, -0.1) is 0 Å². The van der Waals surface area contributed by atoms with Gasteiger partial charge in [0.2, 0.25) is 5.91 Å². The van der Waals surface area contributed by atoms with Crippen LogP contribution in [0.4, 0.5) is 9.59 Å². The molecule has 1 atom stereocenters. The molecular weight excluding hydrogens is 324 g/mol. The van der Waals surface area contributed by atoms with Crippen molar-refractivity contribution in [2.45, 2.75) is 85.0 Å². The van der Waals surface area contributed by atoms with E-state index in [0.717, 1.165) is 4.90 Å². The van der Waals surface area contributed by atoms with Crippen molar-refractivity contribution < 1.29 is 23.9 Å². The molecule has 1 aliphatic rings. The van der Waals surface area contributed by atoms with Crippen LogP contribution in [0.5, 0.6) is 0 Å². The molecule has 1 fully saturated rings. The number of ether oxygens (including phenoxy) is 2. The zero-order chi connectivity index (χ0) is 19.6. The fourth-order valence-electron chi connectivity index (χ4n) is 2.67. The van der Waals surface area contributed by atoms with Crippen molar-refractivity contribution in [1.82, 2.24) is 10.2 Å². The largest absolute Gasteiger partial charge is 0.444 e. The Hall–Kier alpha value is -1.79. The summed E-state index contributed by atoms with van der Waals surface area (Å²) in [7, 11) is 0. The molecule has 0 saturated carbocycles. The molecule has 7 nitrogen and oxygen atoms in total. The third kappa shape index (κ3) is 7.32. The summed E-state index contributed by atoms with van der Waals surface area (Å²) in [6, 6.07) is 0. The molecule has 0 aromatic rings. The number of hydrogen-bond acceptors (Lipinski definition) is 5. The van der Waals surface area contributed by atoms with E-state index >= 15 is 0 Å². The highest BCUT2D eigenvalue weighted by atomic mass is 16.6. The molecule has 0 aromatic heterocycles. The summed E-state index contributed by atoms with van der Waals surface area (Å²) in [5, 5.41) is 2.79. The van der Waals surface area contributed by atoms with Gasteiger partial charge in [0, 0.05) is 18.0 Å². The van der Waals surface area contributed by atoms with E-state index in [4.69, 9.17) is 9.47 Å². The molecule has 0 bridgehead atoms. The smallest absolute Gasteiger partial charge is 0.417 e. The number of alkyl carbamates (subject to hydrolysis) is 1. The Balaban J connectivity index is 2.64. The monoisotopic (exact) mass is 356 g/mol. The second-order valence-corrected chi connectivity index (χ2v) is 9.17. The summed E-state index contributed by atoms with van der Waals surface area (Å²) in [5.74, 6) is -0.592. The van der Waals surface area contributed by atoms with Crippen molar-refractivity contribution in [3.05, 3.63) is 0 Å². The minimum absolute atomic E-state index is 0.256. The van der Waals surface area contributed by atoms with Crippen LogP contribution in [0.2, 0.25) is 0 Å². The van der Waals surface area contributed by atoms with E-state index in [1.54, 1.807) is 41.5 Å². The molecule has 1 heterocycles. The van der Waals surface area contributed by atoms with Crippen LogP contribution >= 0.6 is 0 Å². The van der Waals surface area contributed by atoms with E-state index in [1.807, 2.05) is 13.8 Å². The van der Waals surface area contributed by atoms with Crippen molar-refractivity contribution in [2.75, 3.05) is 6.54 Å². The van der Waals surface area contributed by atoms with Crippen molar-refractivity contribution in [1.29, 1.82) is 0 Å². The maximum Gasteiger partial charge on any atom is 0.417 e. The van der Waals surface area contributed by atoms with Gasteiger partial charge in [-0.25, -0.2) is 14.5 Å². The van der Waals surface area contributed by atoms with Crippen LogP contribution in [-0.4, -0.2) is 46.3 Å². The van der Waals surface area contributed by atoms with Gasteiger partial charge >= 0.3 is 12.2 Å². The first-order chi connectivity index (χ1) is 11.1. The van der Waals surface area contributed by atoms with Gasteiger partial charge < -0.3 is 14.8 Å². The molecule has 3 amide bonds. The van der Waals surface area contributed by atoms with Gasteiger partial charge in [-0.1, -0.05) is 0 Å². The van der Waals surface area contributed by atoms with E-state index in [9.17, 15) is 14.4 Å². The van der Waals surface area contributed by atoms with Crippen molar-refractivity contribution >= 4 is 18.1 Å². The number of carbonyl (C=O) groups excluding carboxylic acids is 3. The number of imide groups is 1. The van der Waals surface area contributed by atoms with Crippen molar-refractivity contribution in [2.24, 2.45) is 5.92 Å². The van der Waals surface area contributed by atoms with Crippen LogP contribution in [0.1, 0.15) is 68.2 Å². The van der Waals surface area contributed by atoms with E-state index in [-0.39, 0.29) is 11.8 Å². The maximum atomic E-state index is 12.5. The Bertz CT molecular complexity index is 529. The fourth-order valence-corrected chi connectivity index (χ4v) is 2.67. The second kappa shape index (κ2) is 7.22. The lowest BCUT2D eigenvalue weighted by Crippen LogP contribution is -2.47. The van der Waals surface area contributed by atoms with Gasteiger partial charge in [-0.3, -0.25) is 4.79 Å². The summed E-state index contributed by atoms with van der Waals surface area (Å²) in [6.45, 7) is 14.7. The third-order valence-electron chi connectivity index (χ3n) is 3.53. The maximum absolute atomic E-state index is 12.5. The first-order valence-electron chi connectivity index (χ1n) is 8.65. The molecule has 0 radical (unpaired) electrons. The predicted octanol–water partition coefficient (Wildman–Crippen LogP) is 3.46. The number of nitrogens with one attached hydrogen (secondary N) is 1. The van der Waals surface area contributed by atoms with Gasteiger partial charge in [-0.2, -0.15) is 0 Å². The topological polar surface area (TPSA) is 84.9 Å². The molecule has 25 heavy (non-hydrogen) atoms. The van der Waals surface area contributed by atoms with Crippen LogP contribution < -0.4 is 5.32 Å². The van der Waals surface area contributed by atoms with Gasteiger partial charge in [-0.05, 0) is 68.2 Å². The quantitative estimate of drug-likeness (QED) is 0.837. The summed E-state index contributed by atoms with van der Waals surface area (Å²) >= 11 is 0. The van der Waals surface area contributed by atoms with E-state index < -0.39 is 28.9 Å². The molecule has 7 heteroatoms. The van der Waals surface area contributed by atoms with Crippen molar-refractivity contribution in [3.8, 4) is 0 Å². The van der Waals surface area contributed by atoms with Crippen LogP contribution in [0.15, 0.2) is 0 Å². The lowest BCUT2D eigenvalue weighted by atomic mass is 9.89. The summed E-state index contributed by atoms with van der Waals surface area (Å²) in [6.07, 6.45) is -0.160. The highest BCUT2D eigenvalue weighted by Crippen LogP contribution is 2.28. The number of carbonyl (C=O) groups is 3. The summed E-state index contributed by atoms with van der Waals surface area (Å²) in [5.41, 5.74) is -1.86. The minimum atomic E-state index is -0.646. The Morgan fingerprint density at radius 1 is 1.04 bits per heavy atom. The lowest BCUT2D eigenvalue weighted by Gasteiger charge is -2.30. The Morgan fingerprint density at radius 2 is 1.56 bits per heavy atom. The zero-order valence-corrected chi connectivity index (χ0v) is 16.7. The molecule has 0 aromatic carbocycles. The Kier molecular flexibility index (Phi) is 6.13. The third-order valence-corrected chi connectivity index (χ3v) is 3.53. The van der Waals surface area contributed by atoms with Gasteiger partial charge in [0.15, 0.2) is 0 Å². The van der Waals surface area contributed by atoms with Gasteiger partial charge in [0.05, 0.1) is 0 Å². The molecule has 1 aliphatic heterocycles. The predicted molar refractivity (Wildman–Crippen MR) is 94.1 cm³/mol. The van der Waals surface area contributed by atoms with Crippen LogP contribution in [0.3, 0.4) is 0 Å². The molecule has 1 rings (SSSR count). The molecular formula is C18H32N2O5. The second-order valence-electron chi connectivity index (χ2n) is 9.17. The molecule has 1 N–H and O–H groups in total. The lowest BCUT2D eigenvalue weighted by molar-refractivity contribution is -0.130. The highest BCUT2D eigenvalue weighted by molar-refractivity contribution is 5.95. The highest BCUT2D eigenvalue weighted by Gasteiger charge is 2.40. The number of likely N-dealkylation sites (tertiary alicyclic amines) is 1. The Labute approximate surface area is 150 Å². The van der Waals surface area contributed by atoms with Crippen LogP contribution in [0, 0.1) is 5.92 Å². The SMILES string of the molecule is CC(C)(C[C@@H]1CCN(C(=O)OC(C)(C)C)C1=O)NC(=O)OC(C)(C)C. The molecule has 0 spiro atoms. The van der Waals surface area contributed by atoms with Crippen LogP contribution in [-0.2, 0) is 14.3 Å². The van der Waals surface area contributed by atoms with Gasteiger partial charge in [0.1, 0.15) is 11.2 Å². The van der Waals surface area contributed by atoms with Gasteiger partial charge in [0.25, 0.3) is 0 Å². The first-order valence-corrected chi connectivity index (χ1v) is 8.65. The van der Waals surface area contributed by atoms with E-state index in [2.05, 4.69) is 5.32 Å². The average molecular weight is 356 g/mol. The summed E-state index contributed by atoms with van der Waals surface area (Å²) in [4.78, 5) is 37.7. The molecule has 144 valence electrons. The zero-order valence-electron chi connectivity index (χ0n) is 16.7. The number of rotatable bonds is 3. The summed E-state index contributed by atoms with van der Waals surface area (Å²) < 4.78 is 10.5. The molecule has 0 aliphatic carbocycles. The Morgan fingerprint density at radius 3 is 2.04 bits per heavy atom. The number of hydrogen-bond donors (Lipinski definition) is 1. The van der Waals surface area contributed by atoms with E-state index in [1.165, 1.54) is 0 Å². The van der Waals surface area contributed by atoms with E-state index in [0.29, 0.717) is 19.4 Å².